The van der Waals surface area contributed by atoms with Crippen LogP contribution in [0.4, 0.5) is 0 Å². The van der Waals surface area contributed by atoms with Gasteiger partial charge in [-0.3, -0.25) is 9.36 Å². The second-order valence-corrected chi connectivity index (χ2v) is 3.78. The van der Waals surface area contributed by atoms with Crippen molar-refractivity contribution in [2.24, 2.45) is 5.73 Å². The Bertz CT molecular complexity index is 543. The summed E-state index contributed by atoms with van der Waals surface area (Å²) in [6.45, 7) is 2.04. The maximum absolute atomic E-state index is 11.4. The van der Waals surface area contributed by atoms with E-state index in [-0.39, 0.29) is 11.7 Å². The number of aromatic hydroxyl groups is 1. The Kier molecular flexibility index (Phi) is 2.66. The number of carbonyl (C=O) groups excluding carboxylic acids is 1. The number of carbonyl (C=O) groups is 1. The fourth-order valence-electron chi connectivity index (χ4n) is 1.90. The molecule has 16 heavy (non-hydrogen) atoms. The standard InChI is InChI=1S/C12H14N2O2/c1-8(15)14-7-9(4-5-13)11-3-2-10(16)6-12(11)14/h2-3,6-7,16H,4-5,13H2,1H3. The molecule has 0 bridgehead atoms. The fourth-order valence-corrected chi connectivity index (χ4v) is 1.90. The van der Waals surface area contributed by atoms with Gasteiger partial charge < -0.3 is 10.8 Å². The van der Waals surface area contributed by atoms with Gasteiger partial charge in [0.1, 0.15) is 5.75 Å². The summed E-state index contributed by atoms with van der Waals surface area (Å²) in [5.74, 6) is 0.0891. The first kappa shape index (κ1) is 10.7. The number of hydrogen-bond donors (Lipinski definition) is 2. The van der Waals surface area contributed by atoms with Gasteiger partial charge in [-0.1, -0.05) is 0 Å². The minimum absolute atomic E-state index is 0.0705. The third kappa shape index (κ3) is 1.67. The molecule has 4 nitrogen and oxygen atoms in total. The highest BCUT2D eigenvalue weighted by molar-refractivity contribution is 5.94. The molecule has 84 valence electrons. The van der Waals surface area contributed by atoms with Crippen LogP contribution in [0.15, 0.2) is 24.4 Å². The molecule has 0 atom stereocenters. The van der Waals surface area contributed by atoms with Gasteiger partial charge in [0.25, 0.3) is 0 Å². The number of hydrogen-bond acceptors (Lipinski definition) is 3. The lowest BCUT2D eigenvalue weighted by molar-refractivity contribution is 0.0941. The van der Waals surface area contributed by atoms with E-state index in [2.05, 4.69) is 0 Å². The van der Waals surface area contributed by atoms with Crippen molar-refractivity contribution < 1.29 is 9.90 Å². The number of phenolic OH excluding ortho intramolecular Hbond substituents is 1. The molecule has 1 aromatic heterocycles. The van der Waals surface area contributed by atoms with Crippen LogP contribution in [0.3, 0.4) is 0 Å². The van der Waals surface area contributed by atoms with Crippen LogP contribution in [0.5, 0.6) is 5.75 Å². The van der Waals surface area contributed by atoms with Crippen molar-refractivity contribution in [1.82, 2.24) is 4.57 Å². The highest BCUT2D eigenvalue weighted by Crippen LogP contribution is 2.25. The minimum Gasteiger partial charge on any atom is -0.508 e. The first-order valence-electron chi connectivity index (χ1n) is 5.17. The summed E-state index contributed by atoms with van der Waals surface area (Å²) >= 11 is 0. The van der Waals surface area contributed by atoms with Crippen LogP contribution >= 0.6 is 0 Å². The summed E-state index contributed by atoms with van der Waals surface area (Å²) in [5, 5.41) is 10.4. The van der Waals surface area contributed by atoms with Crippen LogP contribution in [0.25, 0.3) is 10.9 Å². The van der Waals surface area contributed by atoms with Gasteiger partial charge in [0.15, 0.2) is 0 Å². The maximum Gasteiger partial charge on any atom is 0.227 e. The number of aromatic nitrogens is 1. The van der Waals surface area contributed by atoms with Crippen LogP contribution in [-0.2, 0) is 6.42 Å². The first-order valence-corrected chi connectivity index (χ1v) is 5.17. The lowest BCUT2D eigenvalue weighted by atomic mass is 10.1. The lowest BCUT2D eigenvalue weighted by Crippen LogP contribution is -2.04. The number of fused-ring (bicyclic) bond motifs is 1. The molecule has 3 N–H and O–H groups in total. The van der Waals surface area contributed by atoms with Crippen molar-refractivity contribution in [3.05, 3.63) is 30.0 Å². The van der Waals surface area contributed by atoms with E-state index in [9.17, 15) is 9.90 Å². The summed E-state index contributed by atoms with van der Waals surface area (Å²) in [7, 11) is 0. The first-order chi connectivity index (χ1) is 7.63. The smallest absolute Gasteiger partial charge is 0.227 e. The SMILES string of the molecule is CC(=O)n1cc(CCN)c2ccc(O)cc21. The highest BCUT2D eigenvalue weighted by Gasteiger charge is 2.10. The van der Waals surface area contributed by atoms with Crippen molar-refractivity contribution in [2.75, 3.05) is 6.54 Å². The quantitative estimate of drug-likeness (QED) is 0.802. The molecule has 1 heterocycles. The normalized spacial score (nSPS) is 10.9. The molecule has 0 unspecified atom stereocenters. The summed E-state index contributed by atoms with van der Waals surface area (Å²) < 4.78 is 1.54. The predicted octanol–water partition coefficient (Wildman–Crippen LogP) is 1.51. The zero-order valence-corrected chi connectivity index (χ0v) is 9.10. The van der Waals surface area contributed by atoms with Crippen molar-refractivity contribution in [2.45, 2.75) is 13.3 Å². The largest absolute Gasteiger partial charge is 0.508 e. The molecule has 0 aliphatic heterocycles. The number of rotatable bonds is 2. The third-order valence-electron chi connectivity index (χ3n) is 2.62. The number of phenols is 1. The summed E-state index contributed by atoms with van der Waals surface area (Å²) in [5.41, 5.74) is 7.29. The van der Waals surface area contributed by atoms with Gasteiger partial charge in [-0.2, -0.15) is 0 Å². The van der Waals surface area contributed by atoms with Gasteiger partial charge in [-0.15, -0.1) is 0 Å². The van der Waals surface area contributed by atoms with Crippen LogP contribution in [0, 0.1) is 0 Å². The molecule has 0 fully saturated rings. The molecule has 2 aromatic rings. The maximum atomic E-state index is 11.4. The average Bonchev–Trinajstić information content (AvgIpc) is 2.57. The second kappa shape index (κ2) is 3.98. The molecular weight excluding hydrogens is 204 g/mol. The third-order valence-corrected chi connectivity index (χ3v) is 2.62. The molecule has 0 spiro atoms. The van der Waals surface area contributed by atoms with Crippen LogP contribution < -0.4 is 5.73 Å². The van der Waals surface area contributed by atoms with Crippen molar-refractivity contribution in [3.8, 4) is 5.75 Å². The van der Waals surface area contributed by atoms with E-state index in [4.69, 9.17) is 5.73 Å². The molecule has 0 saturated heterocycles. The Balaban J connectivity index is 2.71. The second-order valence-electron chi connectivity index (χ2n) is 3.78. The Labute approximate surface area is 93.3 Å². The minimum atomic E-state index is -0.0705. The van der Waals surface area contributed by atoms with Crippen LogP contribution in [-0.4, -0.2) is 22.1 Å². The topological polar surface area (TPSA) is 68.2 Å². The van der Waals surface area contributed by atoms with Crippen molar-refractivity contribution in [1.29, 1.82) is 0 Å². The van der Waals surface area contributed by atoms with Crippen molar-refractivity contribution in [3.63, 3.8) is 0 Å². The van der Waals surface area contributed by atoms with E-state index >= 15 is 0 Å². The van der Waals surface area contributed by atoms with E-state index in [1.807, 2.05) is 6.07 Å². The highest BCUT2D eigenvalue weighted by atomic mass is 16.3. The van der Waals surface area contributed by atoms with Gasteiger partial charge in [0.2, 0.25) is 5.91 Å². The number of nitrogens with two attached hydrogens (primary N) is 1. The number of benzene rings is 1. The molecule has 0 aliphatic rings. The molecular formula is C12H14N2O2. The van der Waals surface area contributed by atoms with E-state index in [1.54, 1.807) is 22.9 Å². The summed E-state index contributed by atoms with van der Waals surface area (Å²) in [6.07, 6.45) is 2.51. The van der Waals surface area contributed by atoms with Gasteiger partial charge >= 0.3 is 0 Å². The Morgan fingerprint density at radius 3 is 2.88 bits per heavy atom. The summed E-state index contributed by atoms with van der Waals surface area (Å²) in [4.78, 5) is 11.4. The van der Waals surface area contributed by atoms with E-state index in [0.29, 0.717) is 6.54 Å². The molecule has 0 amide bonds. The Morgan fingerprint density at radius 1 is 1.50 bits per heavy atom. The van der Waals surface area contributed by atoms with Crippen molar-refractivity contribution >= 4 is 16.8 Å². The fraction of sp³-hybridized carbons (Fsp3) is 0.250. The summed E-state index contributed by atoms with van der Waals surface area (Å²) in [6, 6.07) is 5.03. The molecule has 0 saturated carbocycles. The van der Waals surface area contributed by atoms with Crippen LogP contribution in [0.2, 0.25) is 0 Å². The monoisotopic (exact) mass is 218 g/mol. The zero-order valence-electron chi connectivity index (χ0n) is 9.10. The Morgan fingerprint density at radius 2 is 2.25 bits per heavy atom. The van der Waals surface area contributed by atoms with E-state index < -0.39 is 0 Å². The molecule has 4 heteroatoms. The molecule has 1 aromatic carbocycles. The van der Waals surface area contributed by atoms with Gasteiger partial charge in [-0.05, 0) is 30.7 Å². The average molecular weight is 218 g/mol. The molecule has 0 radical (unpaired) electrons. The van der Waals surface area contributed by atoms with Crippen LogP contribution in [0.1, 0.15) is 17.3 Å². The van der Waals surface area contributed by atoms with Gasteiger partial charge in [-0.25, -0.2) is 0 Å². The zero-order chi connectivity index (χ0) is 11.7. The molecule has 0 aliphatic carbocycles. The van der Waals surface area contributed by atoms with E-state index in [0.717, 1.165) is 22.9 Å². The van der Waals surface area contributed by atoms with Gasteiger partial charge in [0, 0.05) is 24.6 Å². The predicted molar refractivity (Wildman–Crippen MR) is 62.7 cm³/mol. The van der Waals surface area contributed by atoms with Gasteiger partial charge in [0.05, 0.1) is 5.52 Å². The van der Waals surface area contributed by atoms with E-state index in [1.165, 1.54) is 6.92 Å². The lowest BCUT2D eigenvalue weighted by Gasteiger charge is -1.99. The Hall–Kier alpha value is -1.81. The number of nitrogens with zero attached hydrogens (tertiary/aromatic N) is 1. The molecule has 2 rings (SSSR count).